The van der Waals surface area contributed by atoms with Crippen molar-refractivity contribution in [3.8, 4) is 0 Å². The third-order valence-electron chi connectivity index (χ3n) is 5.00. The molecule has 1 aliphatic carbocycles. The number of likely N-dealkylation sites (tertiary alicyclic amines) is 1. The summed E-state index contributed by atoms with van der Waals surface area (Å²) in [6.07, 6.45) is 11.6. The second kappa shape index (κ2) is 5.32. The van der Waals surface area contributed by atoms with E-state index in [1.807, 2.05) is 0 Å². The molecule has 0 saturated carbocycles. The number of H-pyrrole nitrogens is 1. The van der Waals surface area contributed by atoms with Gasteiger partial charge >= 0.3 is 0 Å². The molecule has 19 heavy (non-hydrogen) atoms. The Kier molecular flexibility index (Phi) is 3.70. The van der Waals surface area contributed by atoms with E-state index in [4.69, 9.17) is 0 Å². The van der Waals surface area contributed by atoms with Crippen molar-refractivity contribution in [2.24, 2.45) is 5.41 Å². The van der Waals surface area contributed by atoms with Gasteiger partial charge in [0.2, 0.25) is 0 Å². The van der Waals surface area contributed by atoms with Crippen LogP contribution in [0.4, 0.5) is 0 Å². The lowest BCUT2D eigenvalue weighted by Crippen LogP contribution is -2.22. The predicted molar refractivity (Wildman–Crippen MR) is 80.6 cm³/mol. The number of aromatic amines is 1. The normalized spacial score (nSPS) is 22.6. The second-order valence-corrected chi connectivity index (χ2v) is 7.26. The molecule has 0 radical (unpaired) electrons. The number of hydrogen-bond acceptors (Lipinski definition) is 1. The molecule has 0 amide bonds. The summed E-state index contributed by atoms with van der Waals surface area (Å²) in [7, 11) is 0. The maximum absolute atomic E-state index is 3.55. The minimum absolute atomic E-state index is 0.491. The average molecular weight is 260 g/mol. The van der Waals surface area contributed by atoms with Crippen LogP contribution >= 0.6 is 0 Å². The molecular formula is C17H28N2. The first-order valence-electron chi connectivity index (χ1n) is 8.04. The van der Waals surface area contributed by atoms with Crippen molar-refractivity contribution in [3.05, 3.63) is 23.0 Å². The molecule has 1 fully saturated rings. The van der Waals surface area contributed by atoms with Crippen LogP contribution in [0.3, 0.4) is 0 Å². The Morgan fingerprint density at radius 2 is 2.05 bits per heavy atom. The summed E-state index contributed by atoms with van der Waals surface area (Å²) in [5, 5.41) is 0. The molecule has 0 spiro atoms. The Hall–Kier alpha value is -0.760. The van der Waals surface area contributed by atoms with Gasteiger partial charge in [0, 0.05) is 11.9 Å². The van der Waals surface area contributed by atoms with E-state index in [0.717, 1.165) is 0 Å². The molecule has 2 heterocycles. The molecule has 0 atom stereocenters. The van der Waals surface area contributed by atoms with E-state index in [-0.39, 0.29) is 0 Å². The summed E-state index contributed by atoms with van der Waals surface area (Å²) < 4.78 is 0. The molecule has 2 aliphatic rings. The van der Waals surface area contributed by atoms with Crippen molar-refractivity contribution < 1.29 is 0 Å². The largest absolute Gasteiger partial charge is 0.364 e. The van der Waals surface area contributed by atoms with Gasteiger partial charge in [-0.3, -0.25) is 0 Å². The molecule has 1 aliphatic heterocycles. The van der Waals surface area contributed by atoms with Crippen LogP contribution in [0.25, 0.3) is 0 Å². The van der Waals surface area contributed by atoms with Gasteiger partial charge in [-0.25, -0.2) is 0 Å². The molecular weight excluding hydrogens is 232 g/mol. The summed E-state index contributed by atoms with van der Waals surface area (Å²) in [5.74, 6) is 0. The first kappa shape index (κ1) is 13.2. The predicted octanol–water partition coefficient (Wildman–Crippen LogP) is 3.56. The Labute approximate surface area is 117 Å². The van der Waals surface area contributed by atoms with Gasteiger partial charge in [0.25, 0.3) is 0 Å². The fourth-order valence-electron chi connectivity index (χ4n) is 3.76. The summed E-state index contributed by atoms with van der Waals surface area (Å²) in [4.78, 5) is 6.17. The van der Waals surface area contributed by atoms with Crippen molar-refractivity contribution >= 4 is 0 Å². The average Bonchev–Trinajstić information content (AvgIpc) is 2.98. The minimum Gasteiger partial charge on any atom is -0.364 e. The van der Waals surface area contributed by atoms with E-state index in [1.165, 1.54) is 70.3 Å². The van der Waals surface area contributed by atoms with Crippen LogP contribution < -0.4 is 0 Å². The monoisotopic (exact) mass is 260 g/mol. The number of fused-ring (bicyclic) bond motifs is 1. The number of hydrogen-bond donors (Lipinski definition) is 1. The zero-order chi connectivity index (χ0) is 13.3. The van der Waals surface area contributed by atoms with Gasteiger partial charge in [-0.1, -0.05) is 13.8 Å². The number of aromatic nitrogens is 1. The maximum Gasteiger partial charge on any atom is 0.0187 e. The van der Waals surface area contributed by atoms with Crippen molar-refractivity contribution in [1.82, 2.24) is 9.88 Å². The Morgan fingerprint density at radius 3 is 2.84 bits per heavy atom. The van der Waals surface area contributed by atoms with E-state index in [0.29, 0.717) is 5.41 Å². The number of aryl methyl sites for hydroxylation is 1. The van der Waals surface area contributed by atoms with Crippen molar-refractivity contribution in [3.63, 3.8) is 0 Å². The van der Waals surface area contributed by atoms with Gasteiger partial charge in [0.1, 0.15) is 0 Å². The highest BCUT2D eigenvalue weighted by atomic mass is 15.1. The minimum atomic E-state index is 0.491. The van der Waals surface area contributed by atoms with Crippen molar-refractivity contribution in [2.75, 3.05) is 19.6 Å². The molecule has 1 N–H and O–H groups in total. The van der Waals surface area contributed by atoms with Crippen LogP contribution in [0.1, 0.15) is 56.4 Å². The number of nitrogens with zero attached hydrogens (tertiary/aromatic N) is 1. The standard InChI is InChI=1S/C17H28N2/c1-17(2)8-7-15-14(13-18-16(15)12-17)6-5-11-19-9-3-4-10-19/h13,18H,3-12H2,1-2H3. The molecule has 2 nitrogen and oxygen atoms in total. The van der Waals surface area contributed by atoms with Gasteiger partial charge in [0.15, 0.2) is 0 Å². The van der Waals surface area contributed by atoms with Crippen LogP contribution in [0.2, 0.25) is 0 Å². The van der Waals surface area contributed by atoms with Gasteiger partial charge in [-0.2, -0.15) is 0 Å². The maximum atomic E-state index is 3.55. The lowest BCUT2D eigenvalue weighted by atomic mass is 9.76. The van der Waals surface area contributed by atoms with E-state index >= 15 is 0 Å². The van der Waals surface area contributed by atoms with Crippen LogP contribution in [0, 0.1) is 5.41 Å². The first-order valence-corrected chi connectivity index (χ1v) is 8.04. The van der Waals surface area contributed by atoms with Crippen LogP contribution in [-0.2, 0) is 19.3 Å². The fourth-order valence-corrected chi connectivity index (χ4v) is 3.76. The third-order valence-corrected chi connectivity index (χ3v) is 5.00. The highest BCUT2D eigenvalue weighted by Crippen LogP contribution is 2.35. The second-order valence-electron chi connectivity index (χ2n) is 7.26. The first-order chi connectivity index (χ1) is 9.14. The van der Waals surface area contributed by atoms with Gasteiger partial charge in [-0.15, -0.1) is 0 Å². The zero-order valence-corrected chi connectivity index (χ0v) is 12.6. The molecule has 0 bridgehead atoms. The van der Waals surface area contributed by atoms with E-state index in [1.54, 1.807) is 11.1 Å². The fraction of sp³-hybridized carbons (Fsp3) is 0.765. The molecule has 106 valence electrons. The molecule has 0 aromatic carbocycles. The summed E-state index contributed by atoms with van der Waals surface area (Å²) in [5.41, 5.74) is 5.27. The van der Waals surface area contributed by atoms with Crippen LogP contribution in [-0.4, -0.2) is 29.5 Å². The van der Waals surface area contributed by atoms with E-state index in [2.05, 4.69) is 29.9 Å². The highest BCUT2D eigenvalue weighted by molar-refractivity contribution is 5.34. The highest BCUT2D eigenvalue weighted by Gasteiger charge is 2.27. The third kappa shape index (κ3) is 3.05. The van der Waals surface area contributed by atoms with Gasteiger partial charge in [0.05, 0.1) is 0 Å². The Balaban J connectivity index is 1.56. The lowest BCUT2D eigenvalue weighted by molar-refractivity contribution is 0.311. The topological polar surface area (TPSA) is 19.0 Å². The number of rotatable bonds is 4. The quantitative estimate of drug-likeness (QED) is 0.877. The molecule has 1 aromatic heterocycles. The lowest BCUT2D eigenvalue weighted by Gasteiger charge is -2.29. The smallest absolute Gasteiger partial charge is 0.0187 e. The molecule has 1 aromatic rings. The Morgan fingerprint density at radius 1 is 1.26 bits per heavy atom. The molecule has 1 saturated heterocycles. The van der Waals surface area contributed by atoms with Crippen LogP contribution in [0.15, 0.2) is 6.20 Å². The van der Waals surface area contributed by atoms with E-state index < -0.39 is 0 Å². The van der Waals surface area contributed by atoms with E-state index in [9.17, 15) is 0 Å². The van der Waals surface area contributed by atoms with Crippen molar-refractivity contribution in [1.29, 1.82) is 0 Å². The summed E-state index contributed by atoms with van der Waals surface area (Å²) >= 11 is 0. The summed E-state index contributed by atoms with van der Waals surface area (Å²) in [6.45, 7) is 8.75. The van der Waals surface area contributed by atoms with Crippen LogP contribution in [0.5, 0.6) is 0 Å². The Bertz CT molecular complexity index is 424. The number of nitrogens with one attached hydrogen (secondary N) is 1. The molecule has 2 heteroatoms. The zero-order valence-electron chi connectivity index (χ0n) is 12.6. The van der Waals surface area contributed by atoms with Crippen molar-refractivity contribution in [2.45, 2.75) is 58.8 Å². The van der Waals surface area contributed by atoms with Gasteiger partial charge in [-0.05, 0) is 81.1 Å². The van der Waals surface area contributed by atoms with Gasteiger partial charge < -0.3 is 9.88 Å². The molecule has 0 unspecified atom stereocenters. The SMILES string of the molecule is CC1(C)CCc2c(CCCN3CCCC3)c[nH]c2C1. The summed E-state index contributed by atoms with van der Waals surface area (Å²) in [6, 6.07) is 0. The molecule has 3 rings (SSSR count).